The lowest BCUT2D eigenvalue weighted by Gasteiger charge is -2.12. The van der Waals surface area contributed by atoms with E-state index in [9.17, 15) is 0 Å². The number of hydrogen-bond acceptors (Lipinski definition) is 4. The molecule has 0 bridgehead atoms. The Morgan fingerprint density at radius 3 is 2.80 bits per heavy atom. The molecule has 0 radical (unpaired) electrons. The molecule has 3 N–H and O–H groups in total. The maximum absolute atomic E-state index is 5.87. The molecule has 0 atom stereocenters. The second kappa shape index (κ2) is 5.40. The first-order chi connectivity index (χ1) is 9.65. The molecule has 1 aliphatic rings. The van der Waals surface area contributed by atoms with Gasteiger partial charge in [0.15, 0.2) is 0 Å². The number of nitrogen functional groups attached to an aromatic ring is 1. The monoisotopic (exact) mass is 332 g/mol. The summed E-state index contributed by atoms with van der Waals surface area (Å²) in [7, 11) is 0. The third kappa shape index (κ3) is 2.93. The maximum Gasteiger partial charge on any atom is 0.136 e. The van der Waals surface area contributed by atoms with Crippen LogP contribution in [-0.2, 0) is 6.42 Å². The molecule has 0 spiro atoms. The third-order valence-corrected chi connectivity index (χ3v) is 3.91. The molecule has 1 heterocycles. The number of nitrogens with two attached hydrogens (primary N) is 1. The fourth-order valence-electron chi connectivity index (χ4n) is 2.19. The van der Waals surface area contributed by atoms with Crippen LogP contribution in [0.2, 0.25) is 0 Å². The van der Waals surface area contributed by atoms with Crippen molar-refractivity contribution >= 4 is 33.3 Å². The topological polar surface area (TPSA) is 63.8 Å². The van der Waals surface area contributed by atoms with Gasteiger partial charge >= 0.3 is 0 Å². The van der Waals surface area contributed by atoms with Gasteiger partial charge in [0, 0.05) is 22.1 Å². The number of anilines is 3. The average molecular weight is 333 g/mol. The second-order valence-electron chi connectivity index (χ2n) is 5.09. The van der Waals surface area contributed by atoms with Crippen molar-refractivity contribution in [3.05, 3.63) is 40.1 Å². The van der Waals surface area contributed by atoms with E-state index >= 15 is 0 Å². The Morgan fingerprint density at radius 2 is 2.10 bits per heavy atom. The van der Waals surface area contributed by atoms with Crippen molar-refractivity contribution in [2.45, 2.75) is 32.1 Å². The molecule has 0 saturated heterocycles. The lowest BCUT2D eigenvalue weighted by Crippen LogP contribution is -2.04. The summed E-state index contributed by atoms with van der Waals surface area (Å²) in [6.45, 7) is 2.14. The van der Waals surface area contributed by atoms with Crippen molar-refractivity contribution in [2.24, 2.45) is 0 Å². The maximum atomic E-state index is 5.87. The minimum atomic E-state index is 0.495. The Labute approximate surface area is 127 Å². The van der Waals surface area contributed by atoms with Crippen LogP contribution in [0.25, 0.3) is 0 Å². The lowest BCUT2D eigenvalue weighted by molar-refractivity contribution is 0.935. The molecule has 1 saturated carbocycles. The normalized spacial score (nSPS) is 14.3. The van der Waals surface area contributed by atoms with Gasteiger partial charge in [0.05, 0.1) is 0 Å². The molecular weight excluding hydrogens is 316 g/mol. The van der Waals surface area contributed by atoms with Crippen molar-refractivity contribution in [2.75, 3.05) is 11.1 Å². The van der Waals surface area contributed by atoms with E-state index in [-0.39, 0.29) is 0 Å². The first-order valence-electron chi connectivity index (χ1n) is 6.85. The summed E-state index contributed by atoms with van der Waals surface area (Å²) in [6.07, 6.45) is 3.29. The molecular formula is C15H17BrN4. The zero-order valence-electron chi connectivity index (χ0n) is 11.4. The Hall–Kier alpha value is -1.62. The van der Waals surface area contributed by atoms with Gasteiger partial charge in [-0.25, -0.2) is 9.97 Å². The van der Waals surface area contributed by atoms with Gasteiger partial charge in [-0.1, -0.05) is 22.9 Å². The molecule has 1 aliphatic carbocycles. The highest BCUT2D eigenvalue weighted by Gasteiger charge is 2.27. The number of aryl methyl sites for hydroxylation is 1. The Bertz CT molecular complexity index is 638. The molecule has 1 aromatic heterocycles. The minimum Gasteiger partial charge on any atom is -0.384 e. The Balaban J connectivity index is 1.90. The van der Waals surface area contributed by atoms with E-state index in [1.165, 1.54) is 18.4 Å². The van der Waals surface area contributed by atoms with Gasteiger partial charge in [-0.15, -0.1) is 0 Å². The van der Waals surface area contributed by atoms with Gasteiger partial charge < -0.3 is 11.1 Å². The number of hydrogen-bond donors (Lipinski definition) is 2. The van der Waals surface area contributed by atoms with Crippen LogP contribution in [0.15, 0.2) is 28.7 Å². The van der Waals surface area contributed by atoms with Crippen LogP contribution in [0, 0.1) is 0 Å². The number of benzene rings is 1. The molecule has 3 rings (SSSR count). The first kappa shape index (κ1) is 13.4. The molecule has 0 amide bonds. The van der Waals surface area contributed by atoms with Crippen molar-refractivity contribution in [1.29, 1.82) is 0 Å². The van der Waals surface area contributed by atoms with Crippen LogP contribution in [0.3, 0.4) is 0 Å². The molecule has 1 fully saturated rings. The number of nitrogens with zero attached hydrogens (tertiary/aromatic N) is 2. The standard InChI is InChI=1S/C15H17BrN4/c1-2-9-7-11(16)5-6-12(9)18-14-8-13(17)19-15(20-14)10-3-4-10/h5-8,10H,2-4H2,1H3,(H3,17,18,19,20). The van der Waals surface area contributed by atoms with E-state index in [0.29, 0.717) is 11.7 Å². The van der Waals surface area contributed by atoms with Crippen LogP contribution >= 0.6 is 15.9 Å². The second-order valence-corrected chi connectivity index (χ2v) is 6.01. The van der Waals surface area contributed by atoms with E-state index in [2.05, 4.69) is 50.3 Å². The molecule has 104 valence electrons. The highest BCUT2D eigenvalue weighted by atomic mass is 79.9. The summed E-state index contributed by atoms with van der Waals surface area (Å²) < 4.78 is 1.08. The first-order valence-corrected chi connectivity index (χ1v) is 7.65. The van der Waals surface area contributed by atoms with Crippen LogP contribution in [0.5, 0.6) is 0 Å². The number of halogens is 1. The van der Waals surface area contributed by atoms with Crippen LogP contribution in [-0.4, -0.2) is 9.97 Å². The van der Waals surface area contributed by atoms with E-state index in [4.69, 9.17) is 5.73 Å². The SMILES string of the molecule is CCc1cc(Br)ccc1Nc1cc(N)nc(C2CC2)n1. The van der Waals surface area contributed by atoms with Crippen molar-refractivity contribution in [1.82, 2.24) is 9.97 Å². The van der Waals surface area contributed by atoms with Gasteiger partial charge in [-0.05, 0) is 43.0 Å². The fraction of sp³-hybridized carbons (Fsp3) is 0.333. The van der Waals surface area contributed by atoms with E-state index in [1.807, 2.05) is 6.07 Å². The Kier molecular flexibility index (Phi) is 3.61. The molecule has 0 unspecified atom stereocenters. The van der Waals surface area contributed by atoms with Crippen LogP contribution in [0.4, 0.5) is 17.3 Å². The summed E-state index contributed by atoms with van der Waals surface area (Å²) in [5.74, 6) is 2.66. The molecule has 2 aromatic rings. The van der Waals surface area contributed by atoms with E-state index in [1.54, 1.807) is 6.07 Å². The van der Waals surface area contributed by atoms with Gasteiger partial charge in [-0.3, -0.25) is 0 Å². The van der Waals surface area contributed by atoms with Gasteiger partial charge in [0.1, 0.15) is 17.5 Å². The van der Waals surface area contributed by atoms with Gasteiger partial charge in [0.25, 0.3) is 0 Å². The summed E-state index contributed by atoms with van der Waals surface area (Å²) in [5.41, 5.74) is 8.18. The summed E-state index contributed by atoms with van der Waals surface area (Å²) in [6, 6.07) is 7.98. The molecule has 20 heavy (non-hydrogen) atoms. The number of aromatic nitrogens is 2. The number of nitrogens with one attached hydrogen (secondary N) is 1. The van der Waals surface area contributed by atoms with Gasteiger partial charge in [0.2, 0.25) is 0 Å². The third-order valence-electron chi connectivity index (χ3n) is 3.42. The molecule has 4 nitrogen and oxygen atoms in total. The van der Waals surface area contributed by atoms with Crippen molar-refractivity contribution < 1.29 is 0 Å². The van der Waals surface area contributed by atoms with E-state index in [0.717, 1.165) is 28.2 Å². The number of rotatable bonds is 4. The van der Waals surface area contributed by atoms with Crippen molar-refractivity contribution in [3.8, 4) is 0 Å². The quantitative estimate of drug-likeness (QED) is 0.887. The minimum absolute atomic E-state index is 0.495. The molecule has 0 aliphatic heterocycles. The largest absolute Gasteiger partial charge is 0.384 e. The average Bonchev–Trinajstić information content (AvgIpc) is 3.24. The van der Waals surface area contributed by atoms with Gasteiger partial charge in [-0.2, -0.15) is 0 Å². The summed E-state index contributed by atoms with van der Waals surface area (Å²) in [5, 5.41) is 3.36. The highest BCUT2D eigenvalue weighted by Crippen LogP contribution is 2.38. The van der Waals surface area contributed by atoms with Crippen LogP contribution < -0.4 is 11.1 Å². The smallest absolute Gasteiger partial charge is 0.136 e. The van der Waals surface area contributed by atoms with Crippen LogP contribution in [0.1, 0.15) is 37.1 Å². The summed E-state index contributed by atoms with van der Waals surface area (Å²) in [4.78, 5) is 8.89. The fourth-order valence-corrected chi connectivity index (χ4v) is 2.60. The molecule has 1 aromatic carbocycles. The predicted octanol–water partition coefficient (Wildman–Crippen LogP) is 4.00. The Morgan fingerprint density at radius 1 is 1.30 bits per heavy atom. The van der Waals surface area contributed by atoms with E-state index < -0.39 is 0 Å². The van der Waals surface area contributed by atoms with Crippen molar-refractivity contribution in [3.63, 3.8) is 0 Å². The zero-order valence-corrected chi connectivity index (χ0v) is 12.9. The lowest BCUT2D eigenvalue weighted by atomic mass is 10.1. The zero-order chi connectivity index (χ0) is 14.1. The highest BCUT2D eigenvalue weighted by molar-refractivity contribution is 9.10. The predicted molar refractivity (Wildman–Crippen MR) is 85.2 cm³/mol. The summed E-state index contributed by atoms with van der Waals surface area (Å²) >= 11 is 3.50. The molecule has 5 heteroatoms.